The van der Waals surface area contributed by atoms with E-state index in [0.29, 0.717) is 6.04 Å². The molecule has 0 spiro atoms. The molecule has 130 valence electrons. The topological polar surface area (TPSA) is 41.1 Å². The van der Waals surface area contributed by atoms with Crippen LogP contribution in [-0.2, 0) is 6.42 Å². The molecule has 2 atom stereocenters. The summed E-state index contributed by atoms with van der Waals surface area (Å²) in [7, 11) is 0. The van der Waals surface area contributed by atoms with Crippen molar-refractivity contribution >= 4 is 11.6 Å². The summed E-state index contributed by atoms with van der Waals surface area (Å²) in [4.78, 5) is 12.6. The van der Waals surface area contributed by atoms with Crippen molar-refractivity contribution in [1.82, 2.24) is 5.32 Å². The molecular formula is C22H26N2O. The second-order valence-corrected chi connectivity index (χ2v) is 7.57. The normalized spacial score (nSPS) is 21.8. The van der Waals surface area contributed by atoms with Crippen LogP contribution in [0, 0.1) is 18.8 Å². The van der Waals surface area contributed by atoms with Gasteiger partial charge in [-0.2, -0.15) is 0 Å². The van der Waals surface area contributed by atoms with Crippen molar-refractivity contribution in [3.63, 3.8) is 0 Å². The van der Waals surface area contributed by atoms with E-state index in [1.807, 2.05) is 42.5 Å². The van der Waals surface area contributed by atoms with Gasteiger partial charge in [-0.3, -0.25) is 4.79 Å². The minimum atomic E-state index is -0.0234. The molecule has 1 amide bonds. The second kappa shape index (κ2) is 7.01. The molecule has 2 unspecified atom stereocenters. The zero-order valence-corrected chi connectivity index (χ0v) is 14.8. The predicted octanol–water partition coefficient (Wildman–Crippen LogP) is 4.18. The minimum Gasteiger partial charge on any atom is -0.322 e. The predicted molar refractivity (Wildman–Crippen MR) is 102 cm³/mol. The van der Waals surface area contributed by atoms with Crippen LogP contribution in [0.1, 0.15) is 40.7 Å². The van der Waals surface area contributed by atoms with E-state index in [-0.39, 0.29) is 5.91 Å². The first-order valence-corrected chi connectivity index (χ1v) is 9.39. The number of anilines is 1. The lowest BCUT2D eigenvalue weighted by Gasteiger charge is -2.12. The molecule has 2 aromatic rings. The zero-order chi connectivity index (χ0) is 17.2. The highest BCUT2D eigenvalue weighted by Gasteiger charge is 2.38. The van der Waals surface area contributed by atoms with Crippen LogP contribution in [0.25, 0.3) is 0 Å². The van der Waals surface area contributed by atoms with Gasteiger partial charge in [0, 0.05) is 17.3 Å². The molecule has 4 rings (SSSR count). The molecule has 0 saturated heterocycles. The monoisotopic (exact) mass is 334 g/mol. The van der Waals surface area contributed by atoms with E-state index in [2.05, 4.69) is 23.6 Å². The Bertz CT molecular complexity index is 752. The van der Waals surface area contributed by atoms with Gasteiger partial charge in [0.15, 0.2) is 0 Å². The van der Waals surface area contributed by atoms with Crippen molar-refractivity contribution in [2.75, 3.05) is 11.9 Å². The lowest BCUT2D eigenvalue weighted by molar-refractivity contribution is 0.102. The second-order valence-electron chi connectivity index (χ2n) is 7.57. The van der Waals surface area contributed by atoms with E-state index in [1.165, 1.54) is 31.4 Å². The molecule has 3 heteroatoms. The average molecular weight is 334 g/mol. The lowest BCUT2D eigenvalue weighted by atomic mass is 9.97. The molecule has 2 N–H and O–H groups in total. The van der Waals surface area contributed by atoms with E-state index in [1.54, 1.807) is 0 Å². The van der Waals surface area contributed by atoms with Crippen molar-refractivity contribution in [2.24, 2.45) is 11.8 Å². The molecular weight excluding hydrogens is 308 g/mol. The van der Waals surface area contributed by atoms with Gasteiger partial charge in [-0.05, 0) is 80.3 Å². The van der Waals surface area contributed by atoms with Crippen molar-refractivity contribution < 1.29 is 4.79 Å². The summed E-state index contributed by atoms with van der Waals surface area (Å²) < 4.78 is 0. The molecule has 3 nitrogen and oxygen atoms in total. The largest absolute Gasteiger partial charge is 0.322 e. The average Bonchev–Trinajstić information content (AvgIpc) is 3.52. The summed E-state index contributed by atoms with van der Waals surface area (Å²) in [6.45, 7) is 3.27. The van der Waals surface area contributed by atoms with E-state index >= 15 is 0 Å². The molecule has 2 aliphatic carbocycles. The number of hydrogen-bond acceptors (Lipinski definition) is 2. The Morgan fingerprint density at radius 2 is 1.88 bits per heavy atom. The van der Waals surface area contributed by atoms with Crippen LogP contribution < -0.4 is 10.6 Å². The van der Waals surface area contributed by atoms with Crippen molar-refractivity contribution in [1.29, 1.82) is 0 Å². The third-order valence-corrected chi connectivity index (χ3v) is 5.49. The Morgan fingerprint density at radius 1 is 1.08 bits per heavy atom. The Labute approximate surface area is 149 Å². The number of nitrogens with one attached hydrogen (secondary N) is 2. The molecule has 2 aliphatic rings. The number of rotatable bonds is 7. The maximum atomic E-state index is 12.6. The van der Waals surface area contributed by atoms with Gasteiger partial charge >= 0.3 is 0 Å². The summed E-state index contributed by atoms with van der Waals surface area (Å²) in [5, 5.41) is 6.69. The Hall–Kier alpha value is -2.13. The van der Waals surface area contributed by atoms with Crippen LogP contribution in [0.15, 0.2) is 48.5 Å². The fourth-order valence-corrected chi connectivity index (χ4v) is 3.52. The SMILES string of the molecule is Cc1c(CC2CC2NCC2CC2)cccc1C(=O)Nc1ccccc1. The Balaban J connectivity index is 1.39. The quantitative estimate of drug-likeness (QED) is 0.797. The smallest absolute Gasteiger partial charge is 0.255 e. The van der Waals surface area contributed by atoms with E-state index < -0.39 is 0 Å². The van der Waals surface area contributed by atoms with Crippen LogP contribution in [-0.4, -0.2) is 18.5 Å². The summed E-state index contributed by atoms with van der Waals surface area (Å²) in [5.74, 6) is 1.64. The van der Waals surface area contributed by atoms with Gasteiger partial charge in [0.1, 0.15) is 0 Å². The van der Waals surface area contributed by atoms with Crippen LogP contribution in [0.2, 0.25) is 0 Å². The summed E-state index contributed by atoms with van der Waals surface area (Å²) in [6.07, 6.45) is 5.15. The number of benzene rings is 2. The van der Waals surface area contributed by atoms with E-state index in [0.717, 1.165) is 35.1 Å². The van der Waals surface area contributed by atoms with E-state index in [4.69, 9.17) is 0 Å². The zero-order valence-electron chi connectivity index (χ0n) is 14.8. The number of amides is 1. The first-order valence-electron chi connectivity index (χ1n) is 9.39. The number of carbonyl (C=O) groups is 1. The molecule has 25 heavy (non-hydrogen) atoms. The highest BCUT2D eigenvalue weighted by Crippen LogP contribution is 2.36. The number of hydrogen-bond donors (Lipinski definition) is 2. The molecule has 0 aliphatic heterocycles. The fraction of sp³-hybridized carbons (Fsp3) is 0.409. The van der Waals surface area contributed by atoms with Crippen molar-refractivity contribution in [3.8, 4) is 0 Å². The maximum Gasteiger partial charge on any atom is 0.255 e. The molecule has 2 saturated carbocycles. The van der Waals surface area contributed by atoms with Gasteiger partial charge in [0.25, 0.3) is 5.91 Å². The molecule has 0 aromatic heterocycles. The van der Waals surface area contributed by atoms with Gasteiger partial charge in [0.05, 0.1) is 0 Å². The third-order valence-electron chi connectivity index (χ3n) is 5.49. The van der Waals surface area contributed by atoms with Gasteiger partial charge in [0.2, 0.25) is 0 Å². The van der Waals surface area contributed by atoms with Crippen LogP contribution in [0.5, 0.6) is 0 Å². The fourth-order valence-electron chi connectivity index (χ4n) is 3.52. The van der Waals surface area contributed by atoms with Crippen LogP contribution in [0.3, 0.4) is 0 Å². The molecule has 0 heterocycles. The van der Waals surface area contributed by atoms with Gasteiger partial charge in [-0.15, -0.1) is 0 Å². The summed E-state index contributed by atoms with van der Waals surface area (Å²) in [6, 6.07) is 16.4. The molecule has 0 bridgehead atoms. The minimum absolute atomic E-state index is 0.0234. The number of para-hydroxylation sites is 1. The maximum absolute atomic E-state index is 12.6. The Morgan fingerprint density at radius 3 is 2.64 bits per heavy atom. The summed E-state index contributed by atoms with van der Waals surface area (Å²) >= 11 is 0. The molecule has 2 aromatic carbocycles. The molecule has 2 fully saturated rings. The van der Waals surface area contributed by atoms with Crippen molar-refractivity contribution in [3.05, 3.63) is 65.2 Å². The first-order chi connectivity index (χ1) is 12.2. The van der Waals surface area contributed by atoms with Crippen LogP contribution in [0.4, 0.5) is 5.69 Å². The third kappa shape index (κ3) is 4.10. The molecule has 0 radical (unpaired) electrons. The first kappa shape index (κ1) is 16.3. The van der Waals surface area contributed by atoms with E-state index in [9.17, 15) is 4.79 Å². The number of carbonyl (C=O) groups excluding carboxylic acids is 1. The Kier molecular flexibility index (Phi) is 4.58. The van der Waals surface area contributed by atoms with Crippen molar-refractivity contribution in [2.45, 2.75) is 38.6 Å². The summed E-state index contributed by atoms with van der Waals surface area (Å²) in [5.41, 5.74) is 4.04. The standard InChI is InChI=1S/C22H26N2O/c1-15-17(12-18-13-21(18)23-14-16-10-11-16)6-5-9-20(15)22(25)24-19-7-3-2-4-8-19/h2-9,16,18,21,23H,10-14H2,1H3,(H,24,25). The van der Waals surface area contributed by atoms with Gasteiger partial charge < -0.3 is 10.6 Å². The van der Waals surface area contributed by atoms with Crippen LogP contribution >= 0.6 is 0 Å². The lowest BCUT2D eigenvalue weighted by Crippen LogP contribution is -2.21. The van der Waals surface area contributed by atoms with Gasteiger partial charge in [-0.1, -0.05) is 30.3 Å². The van der Waals surface area contributed by atoms with Gasteiger partial charge in [-0.25, -0.2) is 0 Å². The highest BCUT2D eigenvalue weighted by molar-refractivity contribution is 6.05. The highest BCUT2D eigenvalue weighted by atomic mass is 16.1.